The van der Waals surface area contributed by atoms with Crippen LogP contribution in [0.2, 0.25) is 0 Å². The van der Waals surface area contributed by atoms with Crippen LogP contribution < -0.4 is 10.0 Å². The Labute approximate surface area is 185 Å². The van der Waals surface area contributed by atoms with E-state index in [9.17, 15) is 13.2 Å². The van der Waals surface area contributed by atoms with Crippen LogP contribution in [0.25, 0.3) is 0 Å². The average molecular weight is 487 g/mol. The standard InChI is InChI=1S/C23H23BrN2O3S/c1-16-8-11-20(12-9-16)30(28,29)26-22(18-6-4-3-5-7-18)15-23(27)25-19-10-13-21(24)17(2)14-19/h3-14,22,26H,15H2,1-2H3,(H,25,27)/t22-/m1/s1. The summed E-state index contributed by atoms with van der Waals surface area (Å²) in [5, 5.41) is 2.85. The van der Waals surface area contributed by atoms with Gasteiger partial charge in [0.05, 0.1) is 10.9 Å². The maximum Gasteiger partial charge on any atom is 0.241 e. The fourth-order valence-electron chi connectivity index (χ4n) is 3.01. The number of hydrogen-bond acceptors (Lipinski definition) is 3. The molecule has 2 N–H and O–H groups in total. The third-order valence-electron chi connectivity index (χ3n) is 4.66. The monoisotopic (exact) mass is 486 g/mol. The number of nitrogens with one attached hydrogen (secondary N) is 2. The summed E-state index contributed by atoms with van der Waals surface area (Å²) in [6.07, 6.45) is -0.0375. The Hall–Kier alpha value is -2.48. The lowest BCUT2D eigenvalue weighted by atomic mass is 10.0. The number of carbonyl (C=O) groups excluding carboxylic acids is 1. The summed E-state index contributed by atoms with van der Waals surface area (Å²) >= 11 is 3.44. The van der Waals surface area contributed by atoms with E-state index in [0.717, 1.165) is 21.2 Å². The van der Waals surface area contributed by atoms with Gasteiger partial charge in [0.15, 0.2) is 0 Å². The van der Waals surface area contributed by atoms with Crippen molar-refractivity contribution in [1.29, 1.82) is 0 Å². The number of aryl methyl sites for hydroxylation is 2. The second-order valence-electron chi connectivity index (χ2n) is 7.11. The van der Waals surface area contributed by atoms with Gasteiger partial charge in [0, 0.05) is 16.6 Å². The largest absolute Gasteiger partial charge is 0.326 e. The minimum atomic E-state index is -3.79. The number of carbonyl (C=O) groups is 1. The number of amides is 1. The quantitative estimate of drug-likeness (QED) is 0.486. The molecule has 156 valence electrons. The fraction of sp³-hybridized carbons (Fsp3) is 0.174. The molecule has 3 aromatic rings. The molecular weight excluding hydrogens is 464 g/mol. The molecule has 7 heteroatoms. The van der Waals surface area contributed by atoms with Gasteiger partial charge < -0.3 is 5.32 Å². The van der Waals surface area contributed by atoms with Crippen LogP contribution in [-0.2, 0) is 14.8 Å². The van der Waals surface area contributed by atoms with Crippen LogP contribution in [0, 0.1) is 13.8 Å². The van der Waals surface area contributed by atoms with Crippen LogP contribution in [0.5, 0.6) is 0 Å². The van der Waals surface area contributed by atoms with Crippen molar-refractivity contribution in [1.82, 2.24) is 4.72 Å². The molecular formula is C23H23BrN2O3S. The molecule has 0 aliphatic heterocycles. The molecule has 30 heavy (non-hydrogen) atoms. The van der Waals surface area contributed by atoms with E-state index in [-0.39, 0.29) is 17.2 Å². The minimum Gasteiger partial charge on any atom is -0.326 e. The summed E-state index contributed by atoms with van der Waals surface area (Å²) < 4.78 is 29.4. The number of sulfonamides is 1. The van der Waals surface area contributed by atoms with Gasteiger partial charge in [-0.25, -0.2) is 13.1 Å². The van der Waals surface area contributed by atoms with Crippen molar-refractivity contribution >= 4 is 37.5 Å². The summed E-state index contributed by atoms with van der Waals surface area (Å²) in [6, 6.07) is 20.5. The molecule has 0 heterocycles. The topological polar surface area (TPSA) is 75.3 Å². The van der Waals surface area contributed by atoms with Gasteiger partial charge in [0.25, 0.3) is 0 Å². The van der Waals surface area contributed by atoms with Crippen LogP contribution in [0.15, 0.2) is 82.2 Å². The molecule has 0 spiro atoms. The van der Waals surface area contributed by atoms with E-state index in [2.05, 4.69) is 26.0 Å². The average Bonchev–Trinajstić information content (AvgIpc) is 2.71. The first-order chi connectivity index (χ1) is 14.2. The Morgan fingerprint density at radius 2 is 1.63 bits per heavy atom. The Bertz CT molecular complexity index is 1130. The van der Waals surface area contributed by atoms with Crippen molar-refractivity contribution < 1.29 is 13.2 Å². The Morgan fingerprint density at radius 3 is 2.27 bits per heavy atom. The summed E-state index contributed by atoms with van der Waals surface area (Å²) in [6.45, 7) is 3.83. The Balaban J connectivity index is 1.81. The lowest BCUT2D eigenvalue weighted by Gasteiger charge is -2.19. The van der Waals surface area contributed by atoms with E-state index in [0.29, 0.717) is 5.69 Å². The maximum atomic E-state index is 12.9. The maximum absolute atomic E-state index is 12.9. The lowest BCUT2D eigenvalue weighted by molar-refractivity contribution is -0.116. The van der Waals surface area contributed by atoms with Crippen LogP contribution in [0.4, 0.5) is 5.69 Å². The van der Waals surface area contributed by atoms with E-state index in [4.69, 9.17) is 0 Å². The van der Waals surface area contributed by atoms with Crippen molar-refractivity contribution in [2.75, 3.05) is 5.32 Å². The number of benzene rings is 3. The summed E-state index contributed by atoms with van der Waals surface area (Å²) in [7, 11) is -3.79. The molecule has 0 aliphatic rings. The SMILES string of the molecule is Cc1ccc(S(=O)(=O)N[C@H](CC(=O)Nc2ccc(Br)c(C)c2)c2ccccc2)cc1. The highest BCUT2D eigenvalue weighted by atomic mass is 79.9. The third kappa shape index (κ3) is 5.78. The highest BCUT2D eigenvalue weighted by Gasteiger charge is 2.24. The second kappa shape index (κ2) is 9.55. The number of hydrogen-bond donors (Lipinski definition) is 2. The van der Waals surface area contributed by atoms with E-state index in [1.54, 1.807) is 42.5 Å². The van der Waals surface area contributed by atoms with Crippen molar-refractivity contribution in [2.24, 2.45) is 0 Å². The van der Waals surface area contributed by atoms with E-state index >= 15 is 0 Å². The van der Waals surface area contributed by atoms with Gasteiger partial charge in [-0.3, -0.25) is 4.79 Å². The van der Waals surface area contributed by atoms with E-state index < -0.39 is 16.1 Å². The molecule has 0 saturated heterocycles. The van der Waals surface area contributed by atoms with Crippen LogP contribution in [0.1, 0.15) is 29.2 Å². The van der Waals surface area contributed by atoms with Gasteiger partial charge in [-0.1, -0.05) is 64.0 Å². The van der Waals surface area contributed by atoms with Gasteiger partial charge in [-0.15, -0.1) is 0 Å². The van der Waals surface area contributed by atoms with Gasteiger partial charge >= 0.3 is 0 Å². The zero-order chi connectivity index (χ0) is 21.7. The Morgan fingerprint density at radius 1 is 0.967 bits per heavy atom. The van der Waals surface area contributed by atoms with Crippen LogP contribution in [-0.4, -0.2) is 14.3 Å². The van der Waals surface area contributed by atoms with Crippen molar-refractivity contribution in [3.05, 3.63) is 94.0 Å². The molecule has 3 aromatic carbocycles. The normalized spacial score (nSPS) is 12.4. The summed E-state index contributed by atoms with van der Waals surface area (Å²) in [5.74, 6) is -0.280. The molecule has 1 atom stereocenters. The number of halogens is 1. The first kappa shape index (κ1) is 22.2. The zero-order valence-electron chi connectivity index (χ0n) is 16.7. The fourth-order valence-corrected chi connectivity index (χ4v) is 4.48. The highest BCUT2D eigenvalue weighted by molar-refractivity contribution is 9.10. The smallest absolute Gasteiger partial charge is 0.241 e. The van der Waals surface area contributed by atoms with Gasteiger partial charge in [-0.05, 0) is 55.3 Å². The van der Waals surface area contributed by atoms with E-state index in [1.165, 1.54) is 0 Å². The molecule has 1 amide bonds. The highest BCUT2D eigenvalue weighted by Crippen LogP contribution is 2.23. The number of anilines is 1. The minimum absolute atomic E-state index is 0.0375. The third-order valence-corrected chi connectivity index (χ3v) is 7.04. The van der Waals surface area contributed by atoms with Gasteiger partial charge in [0.2, 0.25) is 15.9 Å². The van der Waals surface area contributed by atoms with Crippen LogP contribution >= 0.6 is 15.9 Å². The van der Waals surface area contributed by atoms with Crippen molar-refractivity contribution in [2.45, 2.75) is 31.2 Å². The van der Waals surface area contributed by atoms with Crippen LogP contribution in [0.3, 0.4) is 0 Å². The first-order valence-electron chi connectivity index (χ1n) is 9.44. The molecule has 0 radical (unpaired) electrons. The molecule has 0 bridgehead atoms. The molecule has 0 saturated carbocycles. The van der Waals surface area contributed by atoms with Gasteiger partial charge in [0.1, 0.15) is 0 Å². The molecule has 0 unspecified atom stereocenters. The predicted octanol–water partition coefficient (Wildman–Crippen LogP) is 5.11. The Kier molecular flexibility index (Phi) is 7.07. The summed E-state index contributed by atoms with van der Waals surface area (Å²) in [4.78, 5) is 12.9. The molecule has 0 aliphatic carbocycles. The zero-order valence-corrected chi connectivity index (χ0v) is 19.1. The molecule has 0 fully saturated rings. The predicted molar refractivity (Wildman–Crippen MR) is 123 cm³/mol. The van der Waals surface area contributed by atoms with Crippen molar-refractivity contribution in [3.8, 4) is 0 Å². The lowest BCUT2D eigenvalue weighted by Crippen LogP contribution is -2.31. The molecule has 3 rings (SSSR count). The number of rotatable bonds is 7. The second-order valence-corrected chi connectivity index (χ2v) is 9.68. The molecule has 0 aromatic heterocycles. The van der Waals surface area contributed by atoms with Gasteiger partial charge in [-0.2, -0.15) is 0 Å². The van der Waals surface area contributed by atoms with E-state index in [1.807, 2.05) is 44.2 Å². The van der Waals surface area contributed by atoms with Crippen molar-refractivity contribution in [3.63, 3.8) is 0 Å². The first-order valence-corrected chi connectivity index (χ1v) is 11.7. The summed E-state index contributed by atoms with van der Waals surface area (Å²) in [5.41, 5.74) is 3.34. The molecule has 5 nitrogen and oxygen atoms in total.